The van der Waals surface area contributed by atoms with Crippen LogP contribution in [0.1, 0.15) is 40.0 Å². The minimum atomic E-state index is -2.75. The maximum Gasteiger partial charge on any atom is 0.345 e. The Balaban J connectivity index is 2.84. The molecule has 0 spiro atoms. The minimum Gasteiger partial charge on any atom is -0.467 e. The lowest BCUT2D eigenvalue weighted by Crippen LogP contribution is -2.75. The van der Waals surface area contributed by atoms with Gasteiger partial charge in [-0.1, -0.05) is 20.8 Å². The quantitative estimate of drug-likeness (QED) is 0.336. The zero-order valence-corrected chi connectivity index (χ0v) is 20.5. The van der Waals surface area contributed by atoms with Crippen LogP contribution in [0.5, 0.6) is 0 Å². The Hall–Kier alpha value is -1.53. The molecular formula is C20H34O10Si. The van der Waals surface area contributed by atoms with E-state index in [9.17, 15) is 19.5 Å². The van der Waals surface area contributed by atoms with Gasteiger partial charge < -0.3 is 33.2 Å². The highest BCUT2D eigenvalue weighted by atomic mass is 28.4. The van der Waals surface area contributed by atoms with Crippen LogP contribution in [-0.2, 0) is 42.5 Å². The Labute approximate surface area is 183 Å². The van der Waals surface area contributed by atoms with E-state index in [2.05, 4.69) is 0 Å². The molecule has 0 saturated carbocycles. The predicted molar refractivity (Wildman–Crippen MR) is 109 cm³/mol. The lowest BCUT2D eigenvalue weighted by Gasteiger charge is -2.52. The molecular weight excluding hydrogens is 428 g/mol. The molecule has 4 atom stereocenters. The molecule has 10 nitrogen and oxygen atoms in total. The summed E-state index contributed by atoms with van der Waals surface area (Å²) in [5.74, 6) is -4.32. The van der Waals surface area contributed by atoms with Crippen molar-refractivity contribution in [1.29, 1.82) is 0 Å². The number of aliphatic hydroxyl groups excluding tert-OH is 1. The van der Waals surface area contributed by atoms with Gasteiger partial charge >= 0.3 is 17.9 Å². The number of aliphatic hydroxyl groups is 1. The molecule has 2 fully saturated rings. The number of methoxy groups -OCH3 is 3. The second-order valence-corrected chi connectivity index (χ2v) is 14.1. The highest BCUT2D eigenvalue weighted by Crippen LogP contribution is 2.58. The molecule has 178 valence electrons. The molecule has 31 heavy (non-hydrogen) atoms. The van der Waals surface area contributed by atoms with Crippen molar-refractivity contribution in [2.75, 3.05) is 27.9 Å². The van der Waals surface area contributed by atoms with Crippen molar-refractivity contribution in [3.05, 3.63) is 0 Å². The second kappa shape index (κ2) is 8.43. The van der Waals surface area contributed by atoms with E-state index in [0.717, 1.165) is 14.2 Å². The van der Waals surface area contributed by atoms with Crippen molar-refractivity contribution in [3.63, 3.8) is 0 Å². The number of carbonyl (C=O) groups excluding carboxylic acids is 3. The van der Waals surface area contributed by atoms with E-state index in [4.69, 9.17) is 28.1 Å². The van der Waals surface area contributed by atoms with Crippen molar-refractivity contribution in [1.82, 2.24) is 0 Å². The van der Waals surface area contributed by atoms with Gasteiger partial charge in [-0.25, -0.2) is 14.4 Å². The van der Waals surface area contributed by atoms with Crippen molar-refractivity contribution in [2.24, 2.45) is 0 Å². The molecule has 11 heteroatoms. The number of rotatable bonds is 7. The van der Waals surface area contributed by atoms with E-state index in [-0.39, 0.29) is 30.9 Å². The average molecular weight is 463 g/mol. The number of esters is 3. The Bertz CT molecular complexity index is 732. The third-order valence-corrected chi connectivity index (χ3v) is 11.1. The number of hydrogen-bond donors (Lipinski definition) is 1. The molecule has 2 saturated heterocycles. The summed E-state index contributed by atoms with van der Waals surface area (Å²) in [7, 11) is 0.663. The zero-order valence-electron chi connectivity index (χ0n) is 19.5. The first-order chi connectivity index (χ1) is 14.2. The monoisotopic (exact) mass is 462 g/mol. The molecule has 2 aliphatic heterocycles. The molecule has 0 aromatic heterocycles. The Morgan fingerprint density at radius 1 is 1.03 bits per heavy atom. The highest BCUT2D eigenvalue weighted by molar-refractivity contribution is 6.74. The van der Waals surface area contributed by atoms with Gasteiger partial charge in [0.2, 0.25) is 11.7 Å². The summed E-state index contributed by atoms with van der Waals surface area (Å²) in [6, 6.07) is 0. The highest BCUT2D eigenvalue weighted by Gasteiger charge is 2.81. The predicted octanol–water partition coefficient (Wildman–Crippen LogP) is 1.29. The minimum absolute atomic E-state index is 0.0312. The van der Waals surface area contributed by atoms with Gasteiger partial charge in [0.25, 0.3) is 0 Å². The summed E-state index contributed by atoms with van der Waals surface area (Å²) in [5, 5.41) is 9.21. The van der Waals surface area contributed by atoms with E-state index < -0.39 is 49.3 Å². The molecule has 0 amide bonds. The first kappa shape index (κ1) is 25.7. The Kier molecular flexibility index (Phi) is 7.00. The molecule has 2 rings (SSSR count). The second-order valence-electron chi connectivity index (χ2n) is 9.42. The van der Waals surface area contributed by atoms with Crippen molar-refractivity contribution in [2.45, 2.75) is 81.3 Å². The van der Waals surface area contributed by atoms with E-state index in [0.29, 0.717) is 0 Å². The van der Waals surface area contributed by atoms with Gasteiger partial charge in [0.1, 0.15) is 0 Å². The van der Waals surface area contributed by atoms with Crippen LogP contribution in [0.4, 0.5) is 0 Å². The summed E-state index contributed by atoms with van der Waals surface area (Å²) in [5.41, 5.74) is -4.34. The van der Waals surface area contributed by atoms with Crippen LogP contribution >= 0.6 is 0 Å². The molecule has 1 N–H and O–H groups in total. The Morgan fingerprint density at radius 2 is 1.61 bits per heavy atom. The number of carbonyl (C=O) groups is 3. The van der Waals surface area contributed by atoms with Crippen molar-refractivity contribution >= 4 is 26.2 Å². The number of hydrogen-bond acceptors (Lipinski definition) is 10. The van der Waals surface area contributed by atoms with Crippen LogP contribution in [0.15, 0.2) is 0 Å². The topological polar surface area (TPSA) is 127 Å². The summed E-state index contributed by atoms with van der Waals surface area (Å²) >= 11 is 0. The summed E-state index contributed by atoms with van der Waals surface area (Å²) in [6.07, 6.45) is -1.67. The fourth-order valence-electron chi connectivity index (χ4n) is 3.99. The third kappa shape index (κ3) is 3.80. The van der Waals surface area contributed by atoms with Gasteiger partial charge in [-0.2, -0.15) is 0 Å². The van der Waals surface area contributed by atoms with E-state index >= 15 is 0 Å². The average Bonchev–Trinajstić information content (AvgIpc) is 3.00. The maximum absolute atomic E-state index is 13.4. The lowest BCUT2D eigenvalue weighted by atomic mass is 9.73. The van der Waals surface area contributed by atoms with Gasteiger partial charge in [0.15, 0.2) is 19.7 Å². The number of ether oxygens (including phenoxy) is 5. The molecule has 0 radical (unpaired) electrons. The maximum atomic E-state index is 13.4. The third-order valence-electron chi connectivity index (χ3n) is 6.65. The largest absolute Gasteiger partial charge is 0.467 e. The summed E-state index contributed by atoms with van der Waals surface area (Å²) in [4.78, 5) is 39.5. The van der Waals surface area contributed by atoms with Gasteiger partial charge in [-0.3, -0.25) is 0 Å². The molecule has 4 unspecified atom stereocenters. The summed E-state index contributed by atoms with van der Waals surface area (Å²) < 4.78 is 33.6. The van der Waals surface area contributed by atoms with Crippen LogP contribution in [0.25, 0.3) is 0 Å². The SMILES string of the molecule is COC(=O)C1OC2(CCO)CCC(O[Si](C)(C)C(C)(C)C)(C(=O)OC)C1(C(=O)OC)O2. The first-order valence-corrected chi connectivity index (χ1v) is 13.1. The summed E-state index contributed by atoms with van der Waals surface area (Å²) in [6.45, 7) is 9.38. The zero-order chi connectivity index (χ0) is 23.9. The van der Waals surface area contributed by atoms with Crippen LogP contribution < -0.4 is 0 Å². The lowest BCUT2D eigenvalue weighted by molar-refractivity contribution is -0.270. The Morgan fingerprint density at radius 3 is 2.06 bits per heavy atom. The van der Waals surface area contributed by atoms with Crippen LogP contribution in [0, 0.1) is 0 Å². The molecule has 0 aromatic rings. The van der Waals surface area contributed by atoms with E-state index in [1.54, 1.807) is 0 Å². The van der Waals surface area contributed by atoms with Crippen LogP contribution in [0.2, 0.25) is 18.1 Å². The normalized spacial score (nSPS) is 33.0. The van der Waals surface area contributed by atoms with E-state index in [1.807, 2.05) is 33.9 Å². The molecule has 0 aromatic carbocycles. The molecule has 2 aliphatic rings. The first-order valence-electron chi connectivity index (χ1n) is 10.2. The standard InChI is InChI=1S/C20H34O10Si/c1-17(2,3)31(7,8)30-19(15(23)26-5)10-9-18(11-12-21)28-13(14(22)25-4)20(19,29-18)16(24)27-6/h13,21H,9-12H2,1-8H3. The van der Waals surface area contributed by atoms with Gasteiger partial charge in [0, 0.05) is 19.4 Å². The number of fused-ring (bicyclic) bond motifs is 2. The molecule has 0 aliphatic carbocycles. The molecule has 2 bridgehead atoms. The van der Waals surface area contributed by atoms with Gasteiger partial charge in [-0.05, 0) is 24.6 Å². The smallest absolute Gasteiger partial charge is 0.345 e. The van der Waals surface area contributed by atoms with Crippen LogP contribution in [0.3, 0.4) is 0 Å². The van der Waals surface area contributed by atoms with Crippen molar-refractivity contribution < 1.29 is 47.6 Å². The van der Waals surface area contributed by atoms with Gasteiger partial charge in [-0.15, -0.1) is 0 Å². The van der Waals surface area contributed by atoms with Crippen LogP contribution in [-0.4, -0.2) is 82.4 Å². The fraction of sp³-hybridized carbons (Fsp3) is 0.850. The van der Waals surface area contributed by atoms with Crippen molar-refractivity contribution in [3.8, 4) is 0 Å². The molecule has 2 heterocycles. The fourth-order valence-corrected chi connectivity index (χ4v) is 5.51. The van der Waals surface area contributed by atoms with E-state index in [1.165, 1.54) is 7.11 Å². The van der Waals surface area contributed by atoms with Gasteiger partial charge in [0.05, 0.1) is 21.3 Å².